The van der Waals surface area contributed by atoms with Gasteiger partial charge in [0.25, 0.3) is 0 Å². The van der Waals surface area contributed by atoms with E-state index in [0.717, 1.165) is 0 Å². The van der Waals surface area contributed by atoms with Gasteiger partial charge in [0.2, 0.25) is 0 Å². The molecule has 0 aliphatic rings. The molecule has 0 aliphatic carbocycles. The zero-order valence-electron chi connectivity index (χ0n) is 8.59. The third-order valence-electron chi connectivity index (χ3n) is 2.20. The highest BCUT2D eigenvalue weighted by Crippen LogP contribution is 2.19. The molecule has 0 bridgehead atoms. The van der Waals surface area contributed by atoms with E-state index >= 15 is 0 Å². The lowest BCUT2D eigenvalue weighted by Gasteiger charge is -2.16. The predicted octanol–water partition coefficient (Wildman–Crippen LogP) is 0.279. The van der Waals surface area contributed by atoms with Crippen molar-refractivity contribution in [3.8, 4) is 6.07 Å². The van der Waals surface area contributed by atoms with Gasteiger partial charge in [0.05, 0.1) is 18.6 Å². The van der Waals surface area contributed by atoms with Crippen LogP contribution in [0.1, 0.15) is 23.7 Å². The molecule has 5 nitrogen and oxygen atoms in total. The Kier molecular flexibility index (Phi) is 4.00. The first-order valence-corrected chi connectivity index (χ1v) is 4.73. The number of rotatable bonds is 4. The molecule has 0 radical (unpaired) electrons. The van der Waals surface area contributed by atoms with Gasteiger partial charge in [-0.25, -0.2) is 0 Å². The molecule has 1 aromatic carbocycles. The zero-order chi connectivity index (χ0) is 12.1. The number of nitrogen functional groups attached to an aromatic ring is 1. The summed E-state index contributed by atoms with van der Waals surface area (Å²) in [6, 6.07) is 8.18. The molecule has 1 aromatic rings. The molecule has 0 saturated heterocycles. The van der Waals surface area contributed by atoms with Crippen molar-refractivity contribution in [3.05, 3.63) is 35.4 Å². The molecule has 0 fully saturated rings. The highest BCUT2D eigenvalue weighted by Gasteiger charge is 2.18. The summed E-state index contributed by atoms with van der Waals surface area (Å²) in [5.41, 5.74) is 6.22. The summed E-state index contributed by atoms with van der Waals surface area (Å²) >= 11 is 0. The molecule has 0 saturated carbocycles. The summed E-state index contributed by atoms with van der Waals surface area (Å²) in [6.45, 7) is 0. The monoisotopic (exact) mass is 219 g/mol. The van der Waals surface area contributed by atoms with E-state index in [9.17, 15) is 10.2 Å². The van der Waals surface area contributed by atoms with E-state index < -0.39 is 12.2 Å². The van der Waals surface area contributed by atoms with E-state index in [2.05, 4.69) is 0 Å². The maximum atomic E-state index is 9.71. The minimum atomic E-state index is -1.14. The number of nitrogens with one attached hydrogen (secondary N) is 1. The highest BCUT2D eigenvalue weighted by atomic mass is 16.3. The number of hydrogen-bond donors (Lipinski definition) is 4. The SMILES string of the molecule is N#CCC(O)C(O)c1cccc(C(=N)N)c1. The largest absolute Gasteiger partial charge is 0.389 e. The lowest BCUT2D eigenvalue weighted by molar-refractivity contribution is 0.0216. The van der Waals surface area contributed by atoms with E-state index in [1.54, 1.807) is 24.3 Å². The smallest absolute Gasteiger partial charge is 0.122 e. The Morgan fingerprint density at radius 1 is 1.50 bits per heavy atom. The van der Waals surface area contributed by atoms with Crippen molar-refractivity contribution in [2.24, 2.45) is 5.73 Å². The van der Waals surface area contributed by atoms with Crippen molar-refractivity contribution < 1.29 is 10.2 Å². The minimum absolute atomic E-state index is 0.108. The summed E-state index contributed by atoms with van der Waals surface area (Å²) in [4.78, 5) is 0. The van der Waals surface area contributed by atoms with Gasteiger partial charge in [0, 0.05) is 5.56 Å². The van der Waals surface area contributed by atoms with Gasteiger partial charge >= 0.3 is 0 Å². The van der Waals surface area contributed by atoms with E-state index in [-0.39, 0.29) is 12.3 Å². The second-order valence-electron chi connectivity index (χ2n) is 3.41. The molecule has 5 N–H and O–H groups in total. The lowest BCUT2D eigenvalue weighted by Crippen LogP contribution is -2.18. The third kappa shape index (κ3) is 2.79. The standard InChI is InChI=1S/C11H13N3O2/c12-5-4-9(15)10(16)7-2-1-3-8(6-7)11(13)14/h1-3,6,9-10,15-16H,4H2,(H3,13,14). The van der Waals surface area contributed by atoms with E-state index in [1.165, 1.54) is 6.07 Å². The van der Waals surface area contributed by atoms with Gasteiger partial charge in [-0.1, -0.05) is 18.2 Å². The number of benzene rings is 1. The molecule has 0 aromatic heterocycles. The second kappa shape index (κ2) is 5.26. The van der Waals surface area contributed by atoms with Crippen LogP contribution in [0, 0.1) is 16.7 Å². The molecule has 16 heavy (non-hydrogen) atoms. The van der Waals surface area contributed by atoms with Crippen molar-refractivity contribution in [1.82, 2.24) is 0 Å². The van der Waals surface area contributed by atoms with Gasteiger partial charge in [0.15, 0.2) is 0 Å². The van der Waals surface area contributed by atoms with E-state index in [0.29, 0.717) is 11.1 Å². The number of nitrogens with zero attached hydrogens (tertiary/aromatic N) is 1. The van der Waals surface area contributed by atoms with Crippen molar-refractivity contribution >= 4 is 5.84 Å². The Bertz CT molecular complexity index is 425. The number of nitrogens with two attached hydrogens (primary N) is 1. The van der Waals surface area contributed by atoms with Crippen LogP contribution in [0.2, 0.25) is 0 Å². The van der Waals surface area contributed by atoms with Crippen LogP contribution in [-0.4, -0.2) is 22.2 Å². The molecule has 1 rings (SSSR count). The summed E-state index contributed by atoms with van der Waals surface area (Å²) in [5.74, 6) is -0.108. The molecule has 5 heteroatoms. The zero-order valence-corrected chi connectivity index (χ0v) is 8.59. The number of nitriles is 1. The molecule has 0 amide bonds. The molecular formula is C11H13N3O2. The molecule has 0 spiro atoms. The molecule has 2 atom stereocenters. The number of hydrogen-bond acceptors (Lipinski definition) is 4. The second-order valence-corrected chi connectivity index (χ2v) is 3.41. The Morgan fingerprint density at radius 2 is 2.19 bits per heavy atom. The van der Waals surface area contributed by atoms with Gasteiger partial charge < -0.3 is 15.9 Å². The van der Waals surface area contributed by atoms with Crippen molar-refractivity contribution in [2.45, 2.75) is 18.6 Å². The maximum Gasteiger partial charge on any atom is 0.122 e. The van der Waals surface area contributed by atoms with Crippen LogP contribution in [0.4, 0.5) is 0 Å². The van der Waals surface area contributed by atoms with Gasteiger partial charge in [0.1, 0.15) is 11.9 Å². The Balaban J connectivity index is 2.92. The molecule has 84 valence electrons. The predicted molar refractivity (Wildman–Crippen MR) is 58.7 cm³/mol. The fraction of sp³-hybridized carbons (Fsp3) is 0.273. The van der Waals surface area contributed by atoms with Crippen LogP contribution in [0.15, 0.2) is 24.3 Å². The van der Waals surface area contributed by atoms with Crippen molar-refractivity contribution in [2.75, 3.05) is 0 Å². The fourth-order valence-electron chi connectivity index (χ4n) is 1.32. The van der Waals surface area contributed by atoms with Gasteiger partial charge in [-0.2, -0.15) is 5.26 Å². The summed E-state index contributed by atoms with van der Waals surface area (Å²) in [5, 5.41) is 34.8. The molecule has 0 aliphatic heterocycles. The average Bonchev–Trinajstić information content (AvgIpc) is 2.28. The minimum Gasteiger partial charge on any atom is -0.389 e. The number of aliphatic hydroxyl groups is 2. The molecular weight excluding hydrogens is 206 g/mol. The first kappa shape index (κ1) is 12.2. The van der Waals surface area contributed by atoms with Crippen LogP contribution >= 0.6 is 0 Å². The third-order valence-corrected chi connectivity index (χ3v) is 2.20. The quantitative estimate of drug-likeness (QED) is 0.430. The Morgan fingerprint density at radius 3 is 2.75 bits per heavy atom. The first-order valence-electron chi connectivity index (χ1n) is 4.73. The average molecular weight is 219 g/mol. The summed E-state index contributed by atoms with van der Waals surface area (Å²) in [7, 11) is 0. The van der Waals surface area contributed by atoms with E-state index in [4.69, 9.17) is 16.4 Å². The van der Waals surface area contributed by atoms with E-state index in [1.807, 2.05) is 0 Å². The van der Waals surface area contributed by atoms with Crippen LogP contribution < -0.4 is 5.73 Å². The van der Waals surface area contributed by atoms with Crippen LogP contribution in [0.3, 0.4) is 0 Å². The normalized spacial score (nSPS) is 13.8. The van der Waals surface area contributed by atoms with Gasteiger partial charge in [-0.05, 0) is 11.6 Å². The maximum absolute atomic E-state index is 9.71. The van der Waals surface area contributed by atoms with Crippen molar-refractivity contribution in [1.29, 1.82) is 10.7 Å². The van der Waals surface area contributed by atoms with Crippen LogP contribution in [0.5, 0.6) is 0 Å². The van der Waals surface area contributed by atoms with Crippen LogP contribution in [0.25, 0.3) is 0 Å². The highest BCUT2D eigenvalue weighted by molar-refractivity contribution is 5.95. The Labute approximate surface area is 93.3 Å². The summed E-state index contributed by atoms with van der Waals surface area (Å²) < 4.78 is 0. The van der Waals surface area contributed by atoms with Gasteiger partial charge in [-0.15, -0.1) is 0 Å². The molecule has 0 heterocycles. The Hall–Kier alpha value is -1.90. The summed E-state index contributed by atoms with van der Waals surface area (Å²) in [6.07, 6.45) is -2.42. The first-order chi connectivity index (χ1) is 7.56. The molecule has 2 unspecified atom stereocenters. The number of aliphatic hydroxyl groups excluding tert-OH is 2. The number of amidine groups is 1. The fourth-order valence-corrected chi connectivity index (χ4v) is 1.32. The lowest BCUT2D eigenvalue weighted by atomic mass is 10.0. The topological polar surface area (TPSA) is 114 Å². The van der Waals surface area contributed by atoms with Gasteiger partial charge in [-0.3, -0.25) is 5.41 Å². The van der Waals surface area contributed by atoms with Crippen molar-refractivity contribution in [3.63, 3.8) is 0 Å². The van der Waals surface area contributed by atoms with Crippen LogP contribution in [-0.2, 0) is 0 Å².